The van der Waals surface area contributed by atoms with Gasteiger partial charge in [0.05, 0.1) is 34.4 Å². The Morgan fingerprint density at radius 3 is 1.34 bits per heavy atom. The van der Waals surface area contributed by atoms with Crippen LogP contribution in [0.25, 0.3) is 0 Å². The van der Waals surface area contributed by atoms with Crippen LogP contribution in [0.15, 0.2) is 24.3 Å². The van der Waals surface area contributed by atoms with Gasteiger partial charge in [0.15, 0.2) is 0 Å². The molecule has 0 fully saturated rings. The second-order valence-corrected chi connectivity index (χ2v) is 20.7. The van der Waals surface area contributed by atoms with Crippen LogP contribution in [0.2, 0.25) is 0 Å². The third-order valence-electron chi connectivity index (χ3n) is 11.8. The maximum Gasteiger partial charge on any atom is 0.472 e. The zero-order valence-corrected chi connectivity index (χ0v) is 42.8. The first-order valence-electron chi connectivity index (χ1n) is 26.6. The maximum absolute atomic E-state index is 12.7. The molecule has 0 bridgehead atoms. The SMILES string of the molecule is CCCCC/C=C\C/C=C\CCCCCCCC(=O)OC(COCCCCCCCCCCCCCCCCCCCCCCCCCCC)COP(=O)(O)OCC[N+](C)(C)C. The fourth-order valence-corrected chi connectivity index (χ4v) is 8.39. The van der Waals surface area contributed by atoms with Crippen LogP contribution in [-0.4, -0.2) is 75.6 Å². The van der Waals surface area contributed by atoms with E-state index >= 15 is 0 Å². The lowest BCUT2D eigenvalue weighted by Crippen LogP contribution is -2.37. The molecule has 0 saturated carbocycles. The van der Waals surface area contributed by atoms with Gasteiger partial charge >= 0.3 is 13.8 Å². The van der Waals surface area contributed by atoms with E-state index in [1.165, 1.54) is 173 Å². The zero-order chi connectivity index (χ0) is 45.5. The Balaban J connectivity index is 4.04. The maximum atomic E-state index is 12.7. The minimum Gasteiger partial charge on any atom is -0.457 e. The monoisotopic (exact) mass is 899 g/mol. The molecule has 0 aliphatic carbocycles. The number of hydrogen-bond acceptors (Lipinski definition) is 6. The molecule has 9 heteroatoms. The molecule has 368 valence electrons. The number of likely N-dealkylation sites (N-methyl/N-ethyl adjacent to an activating group) is 1. The summed E-state index contributed by atoms with van der Waals surface area (Å²) in [5.41, 5.74) is 0. The lowest BCUT2D eigenvalue weighted by Gasteiger charge is -2.24. The van der Waals surface area contributed by atoms with Gasteiger partial charge in [0.25, 0.3) is 0 Å². The van der Waals surface area contributed by atoms with Crippen molar-refractivity contribution in [2.24, 2.45) is 0 Å². The molecule has 8 nitrogen and oxygen atoms in total. The van der Waals surface area contributed by atoms with Crippen molar-refractivity contribution in [3.05, 3.63) is 24.3 Å². The summed E-state index contributed by atoms with van der Waals surface area (Å²) in [6.07, 6.45) is 55.2. The number of allylic oxidation sites excluding steroid dienone is 4. The molecule has 1 N–H and O–H groups in total. The van der Waals surface area contributed by atoms with E-state index in [0.717, 1.165) is 57.8 Å². The fourth-order valence-electron chi connectivity index (χ4n) is 7.64. The molecule has 0 aromatic rings. The summed E-state index contributed by atoms with van der Waals surface area (Å²) >= 11 is 0. The normalized spacial score (nSPS) is 13.7. The molecule has 2 unspecified atom stereocenters. The van der Waals surface area contributed by atoms with Crippen molar-refractivity contribution in [2.75, 3.05) is 54.1 Å². The number of quaternary nitrogens is 1. The lowest BCUT2D eigenvalue weighted by molar-refractivity contribution is -0.870. The largest absolute Gasteiger partial charge is 0.472 e. The van der Waals surface area contributed by atoms with E-state index in [9.17, 15) is 14.3 Å². The Morgan fingerprint density at radius 2 is 0.887 bits per heavy atom. The molecule has 0 saturated heterocycles. The first-order chi connectivity index (χ1) is 30.1. The van der Waals surface area contributed by atoms with Gasteiger partial charge in [-0.05, 0) is 44.9 Å². The molecule has 0 aromatic heterocycles. The Morgan fingerprint density at radius 1 is 0.500 bits per heavy atom. The molecular formula is C53H105NO7P+. The van der Waals surface area contributed by atoms with E-state index in [1.54, 1.807) is 0 Å². The van der Waals surface area contributed by atoms with Gasteiger partial charge in [-0.2, -0.15) is 0 Å². The number of esters is 1. The summed E-state index contributed by atoms with van der Waals surface area (Å²) in [6, 6.07) is 0. The number of hydrogen-bond donors (Lipinski definition) is 1. The summed E-state index contributed by atoms with van der Waals surface area (Å²) < 4.78 is 35.1. The third-order valence-corrected chi connectivity index (χ3v) is 12.7. The van der Waals surface area contributed by atoms with Crippen molar-refractivity contribution < 1.29 is 37.3 Å². The quantitative estimate of drug-likeness (QED) is 0.0214. The van der Waals surface area contributed by atoms with Gasteiger partial charge in [-0.15, -0.1) is 0 Å². The van der Waals surface area contributed by atoms with Gasteiger partial charge in [-0.3, -0.25) is 13.8 Å². The fraction of sp³-hybridized carbons (Fsp3) is 0.906. The Kier molecular flexibility index (Phi) is 45.7. The van der Waals surface area contributed by atoms with E-state index in [0.29, 0.717) is 24.1 Å². The number of ether oxygens (including phenoxy) is 2. The molecule has 2 atom stereocenters. The van der Waals surface area contributed by atoms with E-state index in [-0.39, 0.29) is 25.8 Å². The van der Waals surface area contributed by atoms with Crippen molar-refractivity contribution in [1.29, 1.82) is 0 Å². The molecule has 0 amide bonds. The van der Waals surface area contributed by atoms with Gasteiger partial charge in [0.1, 0.15) is 19.3 Å². The second kappa shape index (κ2) is 46.5. The molecule has 0 radical (unpaired) electrons. The summed E-state index contributed by atoms with van der Waals surface area (Å²) in [4.78, 5) is 23.0. The third kappa shape index (κ3) is 50.0. The van der Waals surface area contributed by atoms with Crippen LogP contribution in [0.3, 0.4) is 0 Å². The summed E-state index contributed by atoms with van der Waals surface area (Å²) in [5.74, 6) is -0.323. The summed E-state index contributed by atoms with van der Waals surface area (Å²) in [7, 11) is 1.67. The predicted octanol–water partition coefficient (Wildman–Crippen LogP) is 16.3. The molecule has 62 heavy (non-hydrogen) atoms. The van der Waals surface area contributed by atoms with Crippen LogP contribution < -0.4 is 0 Å². The van der Waals surface area contributed by atoms with Crippen LogP contribution in [-0.2, 0) is 27.9 Å². The Bertz CT molecular complexity index is 1050. The highest BCUT2D eigenvalue weighted by molar-refractivity contribution is 7.47. The number of phosphoric ester groups is 1. The van der Waals surface area contributed by atoms with Gasteiger partial charge in [-0.25, -0.2) is 4.57 Å². The van der Waals surface area contributed by atoms with Crippen LogP contribution in [0.4, 0.5) is 0 Å². The molecule has 0 aromatic carbocycles. The molecular weight excluding hydrogens is 794 g/mol. The first-order valence-corrected chi connectivity index (χ1v) is 28.1. The minimum atomic E-state index is -4.28. The van der Waals surface area contributed by atoms with Crippen LogP contribution in [0, 0.1) is 0 Å². The summed E-state index contributed by atoms with van der Waals surface area (Å²) in [6.45, 7) is 5.63. The van der Waals surface area contributed by atoms with Crippen LogP contribution in [0.1, 0.15) is 251 Å². The van der Waals surface area contributed by atoms with E-state index in [1.807, 2.05) is 21.1 Å². The Labute approximate surface area is 385 Å². The molecule has 0 heterocycles. The van der Waals surface area contributed by atoms with Gasteiger partial charge < -0.3 is 18.9 Å². The van der Waals surface area contributed by atoms with Crippen LogP contribution in [0.5, 0.6) is 0 Å². The molecule has 0 aliphatic rings. The first kappa shape index (κ1) is 61.0. The topological polar surface area (TPSA) is 91.3 Å². The average Bonchev–Trinajstić information content (AvgIpc) is 3.23. The van der Waals surface area contributed by atoms with Crippen LogP contribution >= 0.6 is 7.82 Å². The van der Waals surface area contributed by atoms with Gasteiger partial charge in [-0.1, -0.05) is 224 Å². The minimum absolute atomic E-state index is 0.0879. The highest BCUT2D eigenvalue weighted by atomic mass is 31.2. The van der Waals surface area contributed by atoms with Crippen molar-refractivity contribution >= 4 is 13.8 Å². The molecule has 0 rings (SSSR count). The lowest BCUT2D eigenvalue weighted by atomic mass is 10.0. The van der Waals surface area contributed by atoms with Crippen molar-refractivity contribution in [2.45, 2.75) is 258 Å². The van der Waals surface area contributed by atoms with E-state index in [4.69, 9.17) is 18.5 Å². The highest BCUT2D eigenvalue weighted by Crippen LogP contribution is 2.43. The highest BCUT2D eigenvalue weighted by Gasteiger charge is 2.26. The number of unbranched alkanes of at least 4 members (excludes halogenated alkanes) is 32. The van der Waals surface area contributed by atoms with E-state index in [2.05, 4.69) is 38.2 Å². The average molecular weight is 899 g/mol. The predicted molar refractivity (Wildman–Crippen MR) is 266 cm³/mol. The van der Waals surface area contributed by atoms with Crippen molar-refractivity contribution in [1.82, 2.24) is 0 Å². The Hall–Kier alpha value is -1.02. The molecule has 0 aliphatic heterocycles. The molecule has 0 spiro atoms. The number of rotatable bonds is 50. The number of phosphoric acid groups is 1. The van der Waals surface area contributed by atoms with Gasteiger partial charge in [0, 0.05) is 13.0 Å². The number of carbonyl (C=O) groups is 1. The smallest absolute Gasteiger partial charge is 0.457 e. The standard InChI is InChI=1S/C53H104NO7P/c1-6-8-10-12-14-16-18-20-22-23-24-25-26-27-28-29-30-31-33-35-37-39-41-43-45-48-58-50-52(51-60-62(56,57)59-49-47-54(3,4)5)61-53(55)46-44-42-40-38-36-34-32-21-19-17-15-13-11-9-7-2/h15,17,21,32,52H,6-14,16,18-20,22-31,33-51H2,1-5H3/p+1/b17-15-,32-21-. The van der Waals surface area contributed by atoms with Gasteiger partial charge in [0.2, 0.25) is 0 Å². The zero-order valence-electron chi connectivity index (χ0n) is 41.9. The van der Waals surface area contributed by atoms with Crippen molar-refractivity contribution in [3.8, 4) is 0 Å². The van der Waals surface area contributed by atoms with E-state index < -0.39 is 13.9 Å². The second-order valence-electron chi connectivity index (χ2n) is 19.3. The summed E-state index contributed by atoms with van der Waals surface area (Å²) in [5, 5.41) is 0. The van der Waals surface area contributed by atoms with Crippen molar-refractivity contribution in [3.63, 3.8) is 0 Å². The number of nitrogens with zero attached hydrogens (tertiary/aromatic N) is 1. The number of carbonyl (C=O) groups excluding carboxylic acids is 1.